The Morgan fingerprint density at radius 2 is 1.59 bits per heavy atom. The predicted molar refractivity (Wildman–Crippen MR) is 134 cm³/mol. The van der Waals surface area contributed by atoms with Crippen LogP contribution in [0.25, 0.3) is 0 Å². The molecule has 1 aromatic rings. The number of carbonyl (C=O) groups excluding carboxylic acids is 5. The van der Waals surface area contributed by atoms with Crippen LogP contribution in [-0.2, 0) is 23.8 Å². The second-order valence-corrected chi connectivity index (χ2v) is 10.4. The van der Waals surface area contributed by atoms with Crippen LogP contribution in [0.15, 0.2) is 43.0 Å². The van der Waals surface area contributed by atoms with E-state index in [1.165, 1.54) is 18.2 Å². The normalized spacial score (nSPS) is 18.1. The van der Waals surface area contributed by atoms with E-state index in [2.05, 4.69) is 11.9 Å². The van der Waals surface area contributed by atoms with Crippen molar-refractivity contribution in [2.24, 2.45) is 0 Å². The maximum absolute atomic E-state index is 14.0. The van der Waals surface area contributed by atoms with Crippen molar-refractivity contribution in [1.29, 1.82) is 0 Å². The molecule has 0 spiro atoms. The molecule has 0 radical (unpaired) electrons. The number of esters is 1. The third kappa shape index (κ3) is 7.31. The van der Waals surface area contributed by atoms with Crippen LogP contribution in [-0.4, -0.2) is 82.8 Å². The molecule has 0 saturated carbocycles. The number of rotatable bonds is 6. The highest BCUT2D eigenvalue weighted by Gasteiger charge is 2.60. The summed E-state index contributed by atoms with van der Waals surface area (Å²) in [4.78, 5) is 68.2. The number of piperazine rings is 1. The van der Waals surface area contributed by atoms with E-state index in [0.717, 1.165) is 9.80 Å². The van der Waals surface area contributed by atoms with E-state index in [0.29, 0.717) is 0 Å². The first-order chi connectivity index (χ1) is 17.1. The molecular formula is C26H35N3O8. The molecule has 1 unspecified atom stereocenters. The standard InChI is InChI=1S/C26H35N3O8/c1-8-16-35-21(32)26(17-27-22(33)36-24(2,3)4)20(31)28(19(30)18-12-10-9-11-13-18)14-15-29(26)23(34)37-25(5,6)7/h8-13H,1,14-17H2,2-7H3,(H,27,33). The third-order valence-corrected chi connectivity index (χ3v) is 5.04. The lowest BCUT2D eigenvalue weighted by Crippen LogP contribution is -2.75. The molecule has 0 bridgehead atoms. The van der Waals surface area contributed by atoms with Gasteiger partial charge in [-0.3, -0.25) is 19.4 Å². The van der Waals surface area contributed by atoms with Crippen molar-refractivity contribution >= 4 is 30.0 Å². The Kier molecular flexibility index (Phi) is 9.08. The first-order valence-corrected chi connectivity index (χ1v) is 11.8. The fraction of sp³-hybridized carbons (Fsp3) is 0.500. The van der Waals surface area contributed by atoms with Gasteiger partial charge in [-0.15, -0.1) is 0 Å². The summed E-state index contributed by atoms with van der Waals surface area (Å²) < 4.78 is 15.9. The highest BCUT2D eigenvalue weighted by Crippen LogP contribution is 2.29. The third-order valence-electron chi connectivity index (χ3n) is 5.04. The fourth-order valence-corrected chi connectivity index (χ4v) is 3.53. The number of imide groups is 1. The van der Waals surface area contributed by atoms with Crippen LogP contribution in [0.1, 0.15) is 51.9 Å². The van der Waals surface area contributed by atoms with E-state index in [-0.39, 0.29) is 25.3 Å². The van der Waals surface area contributed by atoms with Gasteiger partial charge < -0.3 is 19.5 Å². The van der Waals surface area contributed by atoms with E-state index in [4.69, 9.17) is 14.2 Å². The lowest BCUT2D eigenvalue weighted by atomic mass is 9.91. The van der Waals surface area contributed by atoms with Gasteiger partial charge in [-0.05, 0) is 53.7 Å². The minimum atomic E-state index is -2.45. The van der Waals surface area contributed by atoms with Crippen LogP contribution in [0.5, 0.6) is 0 Å². The lowest BCUT2D eigenvalue weighted by Gasteiger charge is -2.46. The van der Waals surface area contributed by atoms with Crippen LogP contribution in [0, 0.1) is 0 Å². The molecule has 1 fully saturated rings. The monoisotopic (exact) mass is 517 g/mol. The summed E-state index contributed by atoms with van der Waals surface area (Å²) in [5, 5.41) is 2.39. The highest BCUT2D eigenvalue weighted by atomic mass is 16.6. The zero-order valence-corrected chi connectivity index (χ0v) is 22.2. The number of benzene rings is 1. The van der Waals surface area contributed by atoms with Crippen LogP contribution in [0.2, 0.25) is 0 Å². The van der Waals surface area contributed by atoms with Crippen LogP contribution < -0.4 is 5.32 Å². The Labute approximate surface area is 216 Å². The van der Waals surface area contributed by atoms with Gasteiger partial charge in [0.15, 0.2) is 0 Å². The zero-order chi connectivity index (χ0) is 28.0. The maximum Gasteiger partial charge on any atom is 0.411 e. The molecule has 0 aliphatic carbocycles. The number of hydrogen-bond acceptors (Lipinski definition) is 8. The SMILES string of the molecule is C=CCOC(=O)C1(CNC(=O)OC(C)(C)C)C(=O)N(C(=O)c2ccccc2)CCN1C(=O)OC(C)(C)C. The summed E-state index contributed by atoms with van der Waals surface area (Å²) in [6, 6.07) is 8.01. The fourth-order valence-electron chi connectivity index (χ4n) is 3.53. The quantitative estimate of drug-likeness (QED) is 0.200. The van der Waals surface area contributed by atoms with Crippen LogP contribution >= 0.6 is 0 Å². The molecule has 1 aliphatic rings. The van der Waals surface area contributed by atoms with Gasteiger partial charge in [0.25, 0.3) is 11.8 Å². The molecule has 0 aromatic heterocycles. The Bertz CT molecular complexity index is 1040. The Morgan fingerprint density at radius 3 is 2.14 bits per heavy atom. The molecule has 1 aliphatic heterocycles. The average Bonchev–Trinajstić information content (AvgIpc) is 2.79. The summed E-state index contributed by atoms with van der Waals surface area (Å²) in [5.74, 6) is -2.89. The number of nitrogens with zero attached hydrogens (tertiary/aromatic N) is 2. The van der Waals surface area contributed by atoms with E-state index < -0.39 is 53.3 Å². The molecule has 4 amide bonds. The number of carbonyl (C=O) groups is 5. The van der Waals surface area contributed by atoms with Crippen molar-refractivity contribution in [3.05, 3.63) is 48.6 Å². The number of ether oxygens (including phenoxy) is 3. The second kappa shape index (κ2) is 11.4. The summed E-state index contributed by atoms with van der Waals surface area (Å²) in [6.07, 6.45) is -0.647. The van der Waals surface area contributed by atoms with Crippen molar-refractivity contribution in [2.45, 2.75) is 58.3 Å². The maximum atomic E-state index is 14.0. The molecule has 37 heavy (non-hydrogen) atoms. The number of alkyl carbamates (subject to hydrolysis) is 1. The molecule has 1 N–H and O–H groups in total. The van der Waals surface area contributed by atoms with Crippen molar-refractivity contribution in [2.75, 3.05) is 26.2 Å². The molecule has 2 rings (SSSR count). The summed E-state index contributed by atoms with van der Waals surface area (Å²) in [5.41, 5.74) is -4.09. The van der Waals surface area contributed by atoms with Crippen molar-refractivity contribution in [3.63, 3.8) is 0 Å². The van der Waals surface area contributed by atoms with Gasteiger partial charge in [0, 0.05) is 18.7 Å². The van der Waals surface area contributed by atoms with Gasteiger partial charge in [0.1, 0.15) is 17.8 Å². The van der Waals surface area contributed by atoms with E-state index in [1.54, 1.807) is 59.7 Å². The van der Waals surface area contributed by atoms with Crippen LogP contribution in [0.3, 0.4) is 0 Å². The van der Waals surface area contributed by atoms with Gasteiger partial charge in [0.2, 0.25) is 5.54 Å². The van der Waals surface area contributed by atoms with E-state index >= 15 is 0 Å². The van der Waals surface area contributed by atoms with Crippen molar-refractivity contribution in [3.8, 4) is 0 Å². The van der Waals surface area contributed by atoms with Crippen molar-refractivity contribution in [1.82, 2.24) is 15.1 Å². The first kappa shape index (κ1) is 29.3. The number of hydrogen-bond donors (Lipinski definition) is 1. The Hall–Kier alpha value is -3.89. The van der Waals surface area contributed by atoms with E-state index in [1.807, 2.05) is 0 Å². The van der Waals surface area contributed by atoms with Gasteiger partial charge in [-0.2, -0.15) is 0 Å². The molecule has 202 valence electrons. The molecule has 11 nitrogen and oxygen atoms in total. The molecule has 1 heterocycles. The van der Waals surface area contributed by atoms with Gasteiger partial charge in [0.05, 0.1) is 6.54 Å². The van der Waals surface area contributed by atoms with E-state index in [9.17, 15) is 24.0 Å². The van der Waals surface area contributed by atoms with Crippen molar-refractivity contribution < 1.29 is 38.2 Å². The minimum absolute atomic E-state index is 0.204. The van der Waals surface area contributed by atoms with Gasteiger partial charge >= 0.3 is 18.2 Å². The molecule has 11 heteroatoms. The minimum Gasteiger partial charge on any atom is -0.459 e. The molecule has 1 atom stereocenters. The molecular weight excluding hydrogens is 482 g/mol. The Morgan fingerprint density at radius 1 is 1.00 bits per heavy atom. The number of amides is 4. The topological polar surface area (TPSA) is 132 Å². The molecule has 1 saturated heterocycles. The van der Waals surface area contributed by atoms with Crippen LogP contribution in [0.4, 0.5) is 9.59 Å². The summed E-state index contributed by atoms with van der Waals surface area (Å²) in [7, 11) is 0. The predicted octanol–water partition coefficient (Wildman–Crippen LogP) is 2.90. The second-order valence-electron chi connectivity index (χ2n) is 10.4. The first-order valence-electron chi connectivity index (χ1n) is 11.8. The largest absolute Gasteiger partial charge is 0.459 e. The smallest absolute Gasteiger partial charge is 0.411 e. The van der Waals surface area contributed by atoms with Gasteiger partial charge in [-0.1, -0.05) is 30.9 Å². The Balaban J connectivity index is 2.59. The highest BCUT2D eigenvalue weighted by molar-refractivity contribution is 6.17. The van der Waals surface area contributed by atoms with Gasteiger partial charge in [-0.25, -0.2) is 14.4 Å². The zero-order valence-electron chi connectivity index (χ0n) is 22.2. The number of nitrogens with one attached hydrogen (secondary N) is 1. The molecule has 1 aromatic carbocycles. The summed E-state index contributed by atoms with van der Waals surface area (Å²) >= 11 is 0. The lowest BCUT2D eigenvalue weighted by molar-refractivity contribution is -0.169. The average molecular weight is 518 g/mol. The summed E-state index contributed by atoms with van der Waals surface area (Å²) in [6.45, 7) is 11.8.